The summed E-state index contributed by atoms with van der Waals surface area (Å²) in [6, 6.07) is 7.94. The van der Waals surface area contributed by atoms with Gasteiger partial charge in [-0.3, -0.25) is 14.4 Å². The molecule has 0 radical (unpaired) electrons. The molecule has 0 spiro atoms. The Labute approximate surface area is 142 Å². The fraction of sp³-hybridized carbons (Fsp3) is 0.444. The van der Waals surface area contributed by atoms with Gasteiger partial charge in [-0.2, -0.15) is 5.10 Å². The highest BCUT2D eigenvalue weighted by molar-refractivity contribution is 5.81. The van der Waals surface area contributed by atoms with Crippen molar-refractivity contribution in [3.05, 3.63) is 47.8 Å². The second kappa shape index (κ2) is 7.05. The van der Waals surface area contributed by atoms with E-state index in [4.69, 9.17) is 4.74 Å². The second-order valence-electron chi connectivity index (χ2n) is 6.31. The zero-order chi connectivity index (χ0) is 17.1. The molecular formula is C18H24N4O2. The molecule has 0 aliphatic carbocycles. The first-order chi connectivity index (χ1) is 11.6. The molecule has 1 N–H and O–H groups in total. The minimum Gasteiger partial charge on any atom is -0.496 e. The van der Waals surface area contributed by atoms with E-state index >= 15 is 0 Å². The average molecular weight is 328 g/mol. The summed E-state index contributed by atoms with van der Waals surface area (Å²) in [5.74, 6) is 0.833. The average Bonchev–Trinajstić information content (AvgIpc) is 2.97. The number of aryl methyl sites for hydroxylation is 1. The normalized spacial score (nSPS) is 16.5. The van der Waals surface area contributed by atoms with Crippen LogP contribution in [0.3, 0.4) is 0 Å². The van der Waals surface area contributed by atoms with Crippen LogP contribution in [0.2, 0.25) is 0 Å². The Bertz CT molecular complexity index is 707. The summed E-state index contributed by atoms with van der Waals surface area (Å²) in [5.41, 5.74) is 2.14. The van der Waals surface area contributed by atoms with Gasteiger partial charge in [0.25, 0.3) is 0 Å². The van der Waals surface area contributed by atoms with E-state index in [2.05, 4.69) is 21.5 Å². The summed E-state index contributed by atoms with van der Waals surface area (Å²) >= 11 is 0. The molecule has 1 atom stereocenters. The van der Waals surface area contributed by atoms with Crippen LogP contribution in [0, 0.1) is 6.92 Å². The zero-order valence-corrected chi connectivity index (χ0v) is 14.4. The number of para-hydroxylation sites is 1. The number of nitrogens with zero attached hydrogens (tertiary/aromatic N) is 3. The van der Waals surface area contributed by atoms with Gasteiger partial charge in [0.15, 0.2) is 0 Å². The second-order valence-corrected chi connectivity index (χ2v) is 6.31. The van der Waals surface area contributed by atoms with Crippen LogP contribution in [0.1, 0.15) is 24.1 Å². The van der Waals surface area contributed by atoms with Gasteiger partial charge < -0.3 is 10.1 Å². The largest absolute Gasteiger partial charge is 0.496 e. The van der Waals surface area contributed by atoms with E-state index in [0.717, 1.165) is 30.0 Å². The number of ether oxygens (including phenoxy) is 1. The quantitative estimate of drug-likeness (QED) is 0.878. The summed E-state index contributed by atoms with van der Waals surface area (Å²) in [7, 11) is 1.64. The van der Waals surface area contributed by atoms with Gasteiger partial charge in [0, 0.05) is 31.4 Å². The molecule has 0 bridgehead atoms. The molecule has 0 unspecified atom stereocenters. The van der Waals surface area contributed by atoms with Crippen molar-refractivity contribution in [2.75, 3.05) is 20.2 Å². The Morgan fingerprint density at radius 2 is 2.17 bits per heavy atom. The van der Waals surface area contributed by atoms with E-state index in [1.165, 1.54) is 0 Å². The van der Waals surface area contributed by atoms with Crippen LogP contribution in [0.15, 0.2) is 36.7 Å². The van der Waals surface area contributed by atoms with Crippen LogP contribution in [-0.4, -0.2) is 46.8 Å². The van der Waals surface area contributed by atoms with Gasteiger partial charge in [-0.05, 0) is 25.5 Å². The molecule has 1 aliphatic heterocycles. The first-order valence-corrected chi connectivity index (χ1v) is 8.23. The maximum absolute atomic E-state index is 12.4. The van der Waals surface area contributed by atoms with Gasteiger partial charge in [0.1, 0.15) is 5.75 Å². The number of nitrogens with one attached hydrogen (secondary N) is 1. The Kier molecular flexibility index (Phi) is 4.85. The number of likely N-dealkylation sites (tertiary alicyclic amines) is 1. The molecule has 1 amide bonds. The molecule has 24 heavy (non-hydrogen) atoms. The molecule has 1 fully saturated rings. The van der Waals surface area contributed by atoms with Crippen molar-refractivity contribution in [2.24, 2.45) is 0 Å². The number of hydrogen-bond donors (Lipinski definition) is 1. The summed E-state index contributed by atoms with van der Waals surface area (Å²) in [4.78, 5) is 14.5. The van der Waals surface area contributed by atoms with Crippen LogP contribution >= 0.6 is 0 Å². The number of amides is 1. The minimum atomic E-state index is -0.146. The van der Waals surface area contributed by atoms with Gasteiger partial charge >= 0.3 is 0 Å². The maximum Gasteiger partial charge on any atom is 0.237 e. The van der Waals surface area contributed by atoms with Crippen LogP contribution in [0.25, 0.3) is 0 Å². The van der Waals surface area contributed by atoms with Gasteiger partial charge in [0.05, 0.1) is 25.4 Å². The first kappa shape index (κ1) is 16.5. The molecule has 128 valence electrons. The predicted molar refractivity (Wildman–Crippen MR) is 91.9 cm³/mol. The van der Waals surface area contributed by atoms with Crippen LogP contribution in [-0.2, 0) is 11.3 Å². The molecule has 6 heteroatoms. The SMILES string of the molecule is COc1ccccc1CNC(=O)[C@@H](C)N1CC(n2cc(C)cn2)C1. The van der Waals surface area contributed by atoms with E-state index in [0.29, 0.717) is 12.6 Å². The highest BCUT2D eigenvalue weighted by Crippen LogP contribution is 2.23. The van der Waals surface area contributed by atoms with Crippen molar-refractivity contribution < 1.29 is 9.53 Å². The van der Waals surface area contributed by atoms with E-state index in [9.17, 15) is 4.79 Å². The smallest absolute Gasteiger partial charge is 0.237 e. The number of methoxy groups -OCH3 is 1. The molecule has 1 saturated heterocycles. The van der Waals surface area contributed by atoms with E-state index in [1.807, 2.05) is 49.0 Å². The summed E-state index contributed by atoms with van der Waals surface area (Å²) < 4.78 is 7.30. The van der Waals surface area contributed by atoms with E-state index in [-0.39, 0.29) is 11.9 Å². The Morgan fingerprint density at radius 3 is 2.83 bits per heavy atom. The Balaban J connectivity index is 1.49. The monoisotopic (exact) mass is 328 g/mol. The van der Waals surface area contributed by atoms with Crippen molar-refractivity contribution in [1.29, 1.82) is 0 Å². The molecule has 0 saturated carbocycles. The molecule has 1 aromatic heterocycles. The lowest BCUT2D eigenvalue weighted by Gasteiger charge is -2.42. The third-order valence-corrected chi connectivity index (χ3v) is 4.57. The maximum atomic E-state index is 12.4. The zero-order valence-electron chi connectivity index (χ0n) is 14.4. The number of benzene rings is 1. The molecule has 2 heterocycles. The fourth-order valence-corrected chi connectivity index (χ4v) is 2.95. The first-order valence-electron chi connectivity index (χ1n) is 8.23. The van der Waals surface area contributed by atoms with Gasteiger partial charge in [-0.15, -0.1) is 0 Å². The molecule has 6 nitrogen and oxygen atoms in total. The van der Waals surface area contributed by atoms with Crippen LogP contribution < -0.4 is 10.1 Å². The third-order valence-electron chi connectivity index (χ3n) is 4.57. The van der Waals surface area contributed by atoms with E-state index in [1.54, 1.807) is 7.11 Å². The highest BCUT2D eigenvalue weighted by atomic mass is 16.5. The van der Waals surface area contributed by atoms with Gasteiger partial charge in [0.2, 0.25) is 5.91 Å². The molecule has 2 aromatic rings. The van der Waals surface area contributed by atoms with Crippen molar-refractivity contribution >= 4 is 5.91 Å². The van der Waals surface area contributed by atoms with Crippen LogP contribution in [0.5, 0.6) is 5.75 Å². The predicted octanol–water partition coefficient (Wildman–Crippen LogP) is 1.76. The Hall–Kier alpha value is -2.34. The molecule has 3 rings (SSSR count). The summed E-state index contributed by atoms with van der Waals surface area (Å²) in [6.07, 6.45) is 3.92. The molecule has 1 aliphatic rings. The number of carbonyl (C=O) groups excluding carboxylic acids is 1. The van der Waals surface area contributed by atoms with Gasteiger partial charge in [-0.25, -0.2) is 0 Å². The topological polar surface area (TPSA) is 59.4 Å². The number of rotatable bonds is 6. The minimum absolute atomic E-state index is 0.0380. The lowest BCUT2D eigenvalue weighted by molar-refractivity contribution is -0.128. The molecule has 1 aromatic carbocycles. The number of carbonyl (C=O) groups is 1. The van der Waals surface area contributed by atoms with Crippen molar-refractivity contribution in [2.45, 2.75) is 32.5 Å². The Morgan fingerprint density at radius 1 is 1.42 bits per heavy atom. The van der Waals surface area contributed by atoms with Crippen molar-refractivity contribution in [1.82, 2.24) is 20.0 Å². The van der Waals surface area contributed by atoms with Crippen LogP contribution in [0.4, 0.5) is 0 Å². The molecular weight excluding hydrogens is 304 g/mol. The standard InChI is InChI=1S/C18H24N4O2/c1-13-8-20-22(10-13)16-11-21(12-16)14(2)18(23)19-9-15-6-4-5-7-17(15)24-3/h4-8,10,14,16H,9,11-12H2,1-3H3,(H,19,23)/t14-/m1/s1. The highest BCUT2D eigenvalue weighted by Gasteiger charge is 2.34. The number of aromatic nitrogens is 2. The number of hydrogen-bond acceptors (Lipinski definition) is 4. The summed E-state index contributed by atoms with van der Waals surface area (Å²) in [5, 5.41) is 7.35. The van der Waals surface area contributed by atoms with E-state index < -0.39 is 0 Å². The van der Waals surface area contributed by atoms with Gasteiger partial charge in [-0.1, -0.05) is 18.2 Å². The van der Waals surface area contributed by atoms with Crippen molar-refractivity contribution in [3.63, 3.8) is 0 Å². The fourth-order valence-electron chi connectivity index (χ4n) is 2.95. The summed E-state index contributed by atoms with van der Waals surface area (Å²) in [6.45, 7) is 6.16. The van der Waals surface area contributed by atoms with Crippen molar-refractivity contribution in [3.8, 4) is 5.75 Å². The lowest BCUT2D eigenvalue weighted by atomic mass is 10.1. The third kappa shape index (κ3) is 3.43. The lowest BCUT2D eigenvalue weighted by Crippen LogP contribution is -2.56.